The summed E-state index contributed by atoms with van der Waals surface area (Å²) in [5, 5.41) is 2.22. The number of hydrogen-bond donors (Lipinski definition) is 1. The van der Waals surface area contributed by atoms with Gasteiger partial charge in [0.1, 0.15) is 6.04 Å². The van der Waals surface area contributed by atoms with Crippen LogP contribution in [0.15, 0.2) is 18.2 Å². The Hall–Kier alpha value is -2.57. The number of benzene rings is 1. The molecule has 0 unspecified atom stereocenters. The van der Waals surface area contributed by atoms with Crippen molar-refractivity contribution in [2.45, 2.75) is 26.3 Å². The van der Waals surface area contributed by atoms with Crippen molar-refractivity contribution in [2.75, 3.05) is 20.3 Å². The summed E-state index contributed by atoms with van der Waals surface area (Å²) in [4.78, 5) is 37.2. The third-order valence-electron chi connectivity index (χ3n) is 3.63. The zero-order valence-electron chi connectivity index (χ0n) is 13.4. The van der Waals surface area contributed by atoms with E-state index in [1.165, 1.54) is 12.0 Å². The van der Waals surface area contributed by atoms with Gasteiger partial charge in [-0.2, -0.15) is 0 Å². The summed E-state index contributed by atoms with van der Waals surface area (Å²) in [5.74, 6) is -0.147. The van der Waals surface area contributed by atoms with Crippen LogP contribution in [0.3, 0.4) is 0 Å². The molecule has 0 radical (unpaired) electrons. The van der Waals surface area contributed by atoms with Gasteiger partial charge in [0.15, 0.2) is 11.5 Å². The first-order valence-electron chi connectivity index (χ1n) is 7.47. The number of carbonyl (C=O) groups excluding carboxylic acids is 3. The molecule has 1 aromatic carbocycles. The molecule has 1 aromatic rings. The van der Waals surface area contributed by atoms with Crippen LogP contribution in [0.4, 0.5) is 0 Å². The van der Waals surface area contributed by atoms with Crippen LogP contribution in [0.2, 0.25) is 0 Å². The van der Waals surface area contributed by atoms with Gasteiger partial charge >= 0.3 is 0 Å². The Morgan fingerprint density at radius 2 is 2.04 bits per heavy atom. The summed E-state index contributed by atoms with van der Waals surface area (Å²) in [7, 11) is 1.49. The van der Waals surface area contributed by atoms with E-state index in [0.717, 1.165) is 0 Å². The molecular formula is C16H20N2O5. The first-order valence-corrected chi connectivity index (χ1v) is 7.47. The summed E-state index contributed by atoms with van der Waals surface area (Å²) in [5.41, 5.74) is 0.374. The summed E-state index contributed by atoms with van der Waals surface area (Å²) < 4.78 is 10.7. The Morgan fingerprint density at radius 3 is 2.57 bits per heavy atom. The number of nitrogens with one attached hydrogen (secondary N) is 1. The first kappa shape index (κ1) is 16.8. The largest absolute Gasteiger partial charge is 0.493 e. The Balaban J connectivity index is 2.27. The van der Waals surface area contributed by atoms with Crippen molar-refractivity contribution in [2.24, 2.45) is 0 Å². The summed E-state index contributed by atoms with van der Waals surface area (Å²) in [6.07, 6.45) is -0.00736. The maximum absolute atomic E-state index is 12.7. The molecular weight excluding hydrogens is 300 g/mol. The molecule has 0 spiro atoms. The third kappa shape index (κ3) is 3.44. The smallest absolute Gasteiger partial charge is 0.254 e. The number of nitrogens with zero attached hydrogens (tertiary/aromatic N) is 1. The number of ether oxygens (including phenoxy) is 2. The molecule has 7 nitrogen and oxygen atoms in total. The number of imide groups is 1. The van der Waals surface area contributed by atoms with Gasteiger partial charge in [-0.25, -0.2) is 0 Å². The van der Waals surface area contributed by atoms with Crippen LogP contribution in [-0.4, -0.2) is 48.9 Å². The minimum Gasteiger partial charge on any atom is -0.493 e. The lowest BCUT2D eigenvalue weighted by molar-refractivity contribution is -0.126. The molecule has 1 heterocycles. The lowest BCUT2D eigenvalue weighted by Crippen LogP contribution is -2.44. The van der Waals surface area contributed by atoms with Crippen molar-refractivity contribution in [3.63, 3.8) is 0 Å². The Morgan fingerprint density at radius 1 is 1.30 bits per heavy atom. The van der Waals surface area contributed by atoms with Crippen LogP contribution < -0.4 is 14.8 Å². The lowest BCUT2D eigenvalue weighted by Gasteiger charge is -2.25. The number of hydrogen-bond acceptors (Lipinski definition) is 5. The van der Waals surface area contributed by atoms with E-state index in [-0.39, 0.29) is 18.2 Å². The van der Waals surface area contributed by atoms with E-state index in [2.05, 4.69) is 5.32 Å². The van der Waals surface area contributed by atoms with Crippen molar-refractivity contribution in [1.29, 1.82) is 0 Å². The molecule has 124 valence electrons. The molecule has 1 aliphatic rings. The van der Waals surface area contributed by atoms with Gasteiger partial charge in [-0.15, -0.1) is 0 Å². The zero-order chi connectivity index (χ0) is 17.0. The van der Waals surface area contributed by atoms with Crippen LogP contribution in [0.25, 0.3) is 0 Å². The van der Waals surface area contributed by atoms with Crippen molar-refractivity contribution in [3.8, 4) is 11.5 Å². The normalized spacial score (nSPS) is 16.9. The predicted molar refractivity (Wildman–Crippen MR) is 82.4 cm³/mol. The van der Waals surface area contributed by atoms with Gasteiger partial charge in [0.25, 0.3) is 5.91 Å². The second-order valence-electron chi connectivity index (χ2n) is 5.02. The standard InChI is InChI=1S/C16H20N2O5/c1-4-18(11-9-14(19)17-15(11)20)16(21)10-6-7-12(23-5-2)13(8-10)22-3/h6-8,11H,4-5,9H2,1-3H3,(H,17,19,20)/t11-/m1/s1. The summed E-state index contributed by atoms with van der Waals surface area (Å²) >= 11 is 0. The van der Waals surface area contributed by atoms with Crippen molar-refractivity contribution < 1.29 is 23.9 Å². The maximum Gasteiger partial charge on any atom is 0.254 e. The average molecular weight is 320 g/mol. The fourth-order valence-corrected chi connectivity index (χ4v) is 2.54. The monoisotopic (exact) mass is 320 g/mol. The second kappa shape index (κ2) is 7.13. The van der Waals surface area contributed by atoms with E-state index in [4.69, 9.17) is 9.47 Å². The van der Waals surface area contributed by atoms with Crippen molar-refractivity contribution in [1.82, 2.24) is 10.2 Å². The van der Waals surface area contributed by atoms with E-state index < -0.39 is 11.9 Å². The van der Waals surface area contributed by atoms with E-state index in [9.17, 15) is 14.4 Å². The van der Waals surface area contributed by atoms with Crippen molar-refractivity contribution >= 4 is 17.7 Å². The van der Waals surface area contributed by atoms with Crippen LogP contribution in [0, 0.1) is 0 Å². The van der Waals surface area contributed by atoms with Gasteiger partial charge in [0.2, 0.25) is 11.8 Å². The lowest BCUT2D eigenvalue weighted by atomic mass is 10.1. The van der Waals surface area contributed by atoms with Crippen LogP contribution >= 0.6 is 0 Å². The van der Waals surface area contributed by atoms with E-state index in [0.29, 0.717) is 30.2 Å². The highest BCUT2D eigenvalue weighted by molar-refractivity contribution is 6.08. The molecule has 0 aliphatic carbocycles. The molecule has 1 saturated heterocycles. The number of carbonyl (C=O) groups is 3. The quantitative estimate of drug-likeness (QED) is 0.790. The van der Waals surface area contributed by atoms with Crippen LogP contribution in [-0.2, 0) is 9.59 Å². The first-order chi connectivity index (χ1) is 11.0. The SMILES string of the molecule is CCOc1ccc(C(=O)N(CC)[C@@H]2CC(=O)NC2=O)cc1OC. The highest BCUT2D eigenvalue weighted by atomic mass is 16.5. The highest BCUT2D eigenvalue weighted by Crippen LogP contribution is 2.29. The molecule has 2 rings (SSSR count). The number of methoxy groups -OCH3 is 1. The van der Waals surface area contributed by atoms with E-state index in [1.807, 2.05) is 6.92 Å². The van der Waals surface area contributed by atoms with Crippen LogP contribution in [0.5, 0.6) is 11.5 Å². The highest BCUT2D eigenvalue weighted by Gasteiger charge is 2.37. The van der Waals surface area contributed by atoms with E-state index in [1.54, 1.807) is 25.1 Å². The molecule has 1 fully saturated rings. The van der Waals surface area contributed by atoms with Gasteiger partial charge in [-0.05, 0) is 32.0 Å². The predicted octanol–water partition coefficient (Wildman–Crippen LogP) is 0.971. The van der Waals surface area contributed by atoms with Crippen LogP contribution in [0.1, 0.15) is 30.6 Å². The molecule has 0 saturated carbocycles. The molecule has 0 bridgehead atoms. The van der Waals surface area contributed by atoms with Gasteiger partial charge < -0.3 is 14.4 Å². The Labute approximate surface area is 134 Å². The minimum absolute atomic E-state index is 0.00736. The molecule has 1 N–H and O–H groups in total. The van der Waals surface area contributed by atoms with Gasteiger partial charge in [0, 0.05) is 12.1 Å². The maximum atomic E-state index is 12.7. The summed E-state index contributed by atoms with van der Waals surface area (Å²) in [6.45, 7) is 4.42. The summed E-state index contributed by atoms with van der Waals surface area (Å²) in [6, 6.07) is 4.08. The van der Waals surface area contributed by atoms with Gasteiger partial charge in [-0.3, -0.25) is 19.7 Å². The molecule has 1 atom stereocenters. The molecule has 3 amide bonds. The Bertz CT molecular complexity index is 629. The van der Waals surface area contributed by atoms with Gasteiger partial charge in [-0.1, -0.05) is 0 Å². The fourth-order valence-electron chi connectivity index (χ4n) is 2.54. The fraction of sp³-hybridized carbons (Fsp3) is 0.438. The van der Waals surface area contributed by atoms with Gasteiger partial charge in [0.05, 0.1) is 20.1 Å². The van der Waals surface area contributed by atoms with Crippen molar-refractivity contribution in [3.05, 3.63) is 23.8 Å². The average Bonchev–Trinajstić information content (AvgIpc) is 2.87. The zero-order valence-corrected chi connectivity index (χ0v) is 13.4. The minimum atomic E-state index is -0.766. The Kier molecular flexibility index (Phi) is 5.20. The molecule has 7 heteroatoms. The van der Waals surface area contributed by atoms with E-state index >= 15 is 0 Å². The number of amides is 3. The molecule has 23 heavy (non-hydrogen) atoms. The second-order valence-corrected chi connectivity index (χ2v) is 5.02. The number of rotatable bonds is 6. The molecule has 1 aliphatic heterocycles. The molecule has 0 aromatic heterocycles. The number of likely N-dealkylation sites (N-methyl/N-ethyl adjacent to an activating group) is 1. The topological polar surface area (TPSA) is 84.9 Å². The third-order valence-corrected chi connectivity index (χ3v) is 3.63.